The minimum atomic E-state index is -3.56. The van der Waals surface area contributed by atoms with Gasteiger partial charge in [0.25, 0.3) is 10.0 Å². The van der Waals surface area contributed by atoms with Gasteiger partial charge in [-0.2, -0.15) is 4.31 Å². The van der Waals surface area contributed by atoms with Crippen molar-refractivity contribution in [3.05, 3.63) is 51.9 Å². The van der Waals surface area contributed by atoms with Crippen LogP contribution in [-0.2, 0) is 14.8 Å². The van der Waals surface area contributed by atoms with Crippen molar-refractivity contribution in [3.63, 3.8) is 0 Å². The maximum Gasteiger partial charge on any atom is 0.252 e. The monoisotopic (exact) mass is 488 g/mol. The van der Waals surface area contributed by atoms with Crippen LogP contribution in [0.5, 0.6) is 0 Å². The first-order chi connectivity index (χ1) is 15.7. The molecule has 4 rings (SSSR count). The zero-order valence-corrected chi connectivity index (χ0v) is 21.2. The SMILES string of the molecule is Cc1ccc(C(=O)C2CCN(C(=O)C3CCCN(S(=O)(=O)c4ccc(C)s4)C3)CC2)c(C)c1. The third kappa shape index (κ3) is 5.08. The van der Waals surface area contributed by atoms with Gasteiger partial charge in [-0.3, -0.25) is 9.59 Å². The molecule has 0 N–H and O–H groups in total. The average Bonchev–Trinajstić information content (AvgIpc) is 3.25. The molecular weight excluding hydrogens is 456 g/mol. The smallest absolute Gasteiger partial charge is 0.252 e. The number of thiophene rings is 1. The minimum Gasteiger partial charge on any atom is -0.342 e. The maximum absolute atomic E-state index is 13.2. The van der Waals surface area contributed by atoms with Gasteiger partial charge in [-0.25, -0.2) is 8.42 Å². The van der Waals surface area contributed by atoms with E-state index in [1.165, 1.54) is 15.6 Å². The molecule has 1 aromatic carbocycles. The van der Waals surface area contributed by atoms with E-state index in [1.54, 1.807) is 6.07 Å². The van der Waals surface area contributed by atoms with E-state index >= 15 is 0 Å². The molecular formula is C25H32N2O4S2. The number of amides is 1. The fourth-order valence-corrected chi connectivity index (χ4v) is 7.93. The number of hydrogen-bond acceptors (Lipinski definition) is 5. The highest BCUT2D eigenvalue weighted by Gasteiger charge is 2.37. The molecule has 0 bridgehead atoms. The van der Waals surface area contributed by atoms with Crippen LogP contribution in [0.1, 0.15) is 52.0 Å². The first-order valence-corrected chi connectivity index (χ1v) is 13.9. The van der Waals surface area contributed by atoms with Crippen molar-refractivity contribution < 1.29 is 18.0 Å². The Balaban J connectivity index is 1.37. The number of aryl methyl sites for hydroxylation is 3. The normalized spacial score (nSPS) is 20.7. The highest BCUT2D eigenvalue weighted by atomic mass is 32.2. The van der Waals surface area contributed by atoms with Crippen molar-refractivity contribution in [1.82, 2.24) is 9.21 Å². The van der Waals surface area contributed by atoms with Crippen molar-refractivity contribution in [2.75, 3.05) is 26.2 Å². The summed E-state index contributed by atoms with van der Waals surface area (Å²) in [4.78, 5) is 29.0. The Morgan fingerprint density at radius 2 is 1.67 bits per heavy atom. The number of Topliss-reactive ketones (excluding diaryl/α,β-unsaturated/α-hetero) is 1. The molecule has 8 heteroatoms. The molecule has 2 aromatic rings. The summed E-state index contributed by atoms with van der Waals surface area (Å²) >= 11 is 1.27. The Morgan fingerprint density at radius 3 is 2.30 bits per heavy atom. The summed E-state index contributed by atoms with van der Waals surface area (Å²) < 4.78 is 27.9. The van der Waals surface area contributed by atoms with Gasteiger partial charge in [0.2, 0.25) is 5.91 Å². The van der Waals surface area contributed by atoms with Gasteiger partial charge in [0.1, 0.15) is 4.21 Å². The number of carbonyl (C=O) groups excluding carboxylic acids is 2. The van der Waals surface area contributed by atoms with Crippen LogP contribution >= 0.6 is 11.3 Å². The van der Waals surface area contributed by atoms with Gasteiger partial charge >= 0.3 is 0 Å². The lowest BCUT2D eigenvalue weighted by atomic mass is 9.86. The number of nitrogens with zero attached hydrogens (tertiary/aromatic N) is 2. The van der Waals surface area contributed by atoms with Crippen LogP contribution in [0.15, 0.2) is 34.5 Å². The Kier molecular flexibility index (Phi) is 7.07. The molecule has 33 heavy (non-hydrogen) atoms. The van der Waals surface area contributed by atoms with Crippen LogP contribution in [0.4, 0.5) is 0 Å². The Hall–Kier alpha value is -2.03. The predicted octanol–water partition coefficient (Wildman–Crippen LogP) is 4.20. The van der Waals surface area contributed by atoms with E-state index in [0.29, 0.717) is 49.5 Å². The first kappa shape index (κ1) is 24.1. The van der Waals surface area contributed by atoms with Gasteiger partial charge in [-0.1, -0.05) is 23.8 Å². The lowest BCUT2D eigenvalue weighted by Gasteiger charge is -2.37. The highest BCUT2D eigenvalue weighted by molar-refractivity contribution is 7.91. The summed E-state index contributed by atoms with van der Waals surface area (Å²) in [5, 5.41) is 0. The summed E-state index contributed by atoms with van der Waals surface area (Å²) in [5.41, 5.74) is 2.92. The number of rotatable bonds is 5. The summed E-state index contributed by atoms with van der Waals surface area (Å²) in [6, 6.07) is 9.38. The highest BCUT2D eigenvalue weighted by Crippen LogP contribution is 2.30. The Morgan fingerprint density at radius 1 is 0.939 bits per heavy atom. The number of hydrogen-bond donors (Lipinski definition) is 0. The van der Waals surface area contributed by atoms with Gasteiger partial charge < -0.3 is 4.90 Å². The van der Waals surface area contributed by atoms with Crippen molar-refractivity contribution in [1.29, 1.82) is 0 Å². The van der Waals surface area contributed by atoms with Gasteiger partial charge in [0.05, 0.1) is 5.92 Å². The molecule has 3 heterocycles. The second kappa shape index (κ2) is 9.68. The largest absolute Gasteiger partial charge is 0.342 e. The number of ketones is 1. The lowest BCUT2D eigenvalue weighted by molar-refractivity contribution is -0.138. The van der Waals surface area contributed by atoms with Gasteiger partial charge in [0.15, 0.2) is 5.78 Å². The Bertz CT molecular complexity index is 1150. The van der Waals surface area contributed by atoms with E-state index in [4.69, 9.17) is 0 Å². The van der Waals surface area contributed by atoms with Crippen LogP contribution < -0.4 is 0 Å². The van der Waals surface area contributed by atoms with Gasteiger partial charge in [0, 0.05) is 42.5 Å². The van der Waals surface area contributed by atoms with Crippen molar-refractivity contribution in [3.8, 4) is 0 Å². The number of likely N-dealkylation sites (tertiary alicyclic amines) is 1. The molecule has 1 amide bonds. The first-order valence-electron chi connectivity index (χ1n) is 11.6. The molecule has 2 aliphatic heterocycles. The molecule has 2 fully saturated rings. The van der Waals surface area contributed by atoms with Gasteiger partial charge in [-0.05, 0) is 64.2 Å². The molecule has 0 radical (unpaired) electrons. The number of sulfonamides is 1. The summed E-state index contributed by atoms with van der Waals surface area (Å²) in [6.45, 7) is 7.67. The fraction of sp³-hybridized carbons (Fsp3) is 0.520. The lowest BCUT2D eigenvalue weighted by Crippen LogP contribution is -2.49. The number of carbonyl (C=O) groups is 2. The fourth-order valence-electron chi connectivity index (χ4n) is 4.97. The summed E-state index contributed by atoms with van der Waals surface area (Å²) in [6.07, 6.45) is 2.69. The number of piperidine rings is 2. The molecule has 1 atom stereocenters. The maximum atomic E-state index is 13.2. The molecule has 1 aromatic heterocycles. The van der Waals surface area contributed by atoms with E-state index in [-0.39, 0.29) is 30.1 Å². The molecule has 178 valence electrons. The van der Waals surface area contributed by atoms with E-state index in [1.807, 2.05) is 49.9 Å². The average molecular weight is 489 g/mol. The second-order valence-electron chi connectivity index (χ2n) is 9.35. The molecule has 0 saturated carbocycles. The van der Waals surface area contributed by atoms with E-state index in [9.17, 15) is 18.0 Å². The second-order valence-corrected chi connectivity index (χ2v) is 12.8. The third-order valence-electron chi connectivity index (χ3n) is 6.87. The van der Waals surface area contributed by atoms with E-state index in [2.05, 4.69) is 0 Å². The van der Waals surface area contributed by atoms with Crippen LogP contribution in [0.25, 0.3) is 0 Å². The van der Waals surface area contributed by atoms with Crippen LogP contribution in [0.3, 0.4) is 0 Å². The van der Waals surface area contributed by atoms with E-state index in [0.717, 1.165) is 21.6 Å². The van der Waals surface area contributed by atoms with Crippen LogP contribution in [0.2, 0.25) is 0 Å². The third-order valence-corrected chi connectivity index (χ3v) is 10.2. The predicted molar refractivity (Wildman–Crippen MR) is 130 cm³/mol. The number of benzene rings is 1. The summed E-state index contributed by atoms with van der Waals surface area (Å²) in [7, 11) is -3.56. The Labute approximate surface area is 200 Å². The van der Waals surface area contributed by atoms with E-state index < -0.39 is 10.0 Å². The van der Waals surface area contributed by atoms with Crippen LogP contribution in [-0.4, -0.2) is 55.5 Å². The molecule has 1 unspecified atom stereocenters. The summed E-state index contributed by atoms with van der Waals surface area (Å²) in [5.74, 6) is -0.197. The molecule has 2 saturated heterocycles. The molecule has 6 nitrogen and oxygen atoms in total. The van der Waals surface area contributed by atoms with Crippen molar-refractivity contribution in [2.45, 2.75) is 50.7 Å². The van der Waals surface area contributed by atoms with Gasteiger partial charge in [-0.15, -0.1) is 11.3 Å². The molecule has 2 aliphatic rings. The van der Waals surface area contributed by atoms with Crippen molar-refractivity contribution in [2.24, 2.45) is 11.8 Å². The van der Waals surface area contributed by atoms with Crippen molar-refractivity contribution >= 4 is 33.1 Å². The molecule has 0 aliphatic carbocycles. The topological polar surface area (TPSA) is 74.8 Å². The minimum absolute atomic E-state index is 0.0228. The zero-order chi connectivity index (χ0) is 23.8. The molecule has 0 spiro atoms. The van der Waals surface area contributed by atoms with Crippen LogP contribution in [0, 0.1) is 32.6 Å². The quantitative estimate of drug-likeness (QED) is 0.592. The standard InChI is InChI=1S/C25H32N2O4S2/c1-17-6-8-22(18(2)15-17)24(28)20-10-13-26(14-11-20)25(29)21-5-4-12-27(16-21)33(30,31)23-9-7-19(3)32-23/h6-9,15,20-21H,4-5,10-14,16H2,1-3H3. The zero-order valence-electron chi connectivity index (χ0n) is 19.5.